The van der Waals surface area contributed by atoms with Crippen molar-refractivity contribution in [2.75, 3.05) is 0 Å². The fourth-order valence-corrected chi connectivity index (χ4v) is 2.14. The summed E-state index contributed by atoms with van der Waals surface area (Å²) in [6.07, 6.45) is 0. The maximum absolute atomic E-state index is 12.2. The molecular formula is C15H11N3O4. The zero-order chi connectivity index (χ0) is 15.9. The lowest BCUT2D eigenvalue weighted by atomic mass is 10.1. The van der Waals surface area contributed by atoms with Crippen molar-refractivity contribution >= 4 is 17.8 Å². The minimum Gasteiger partial charge on any atom is -0.324 e. The van der Waals surface area contributed by atoms with Crippen molar-refractivity contribution in [2.24, 2.45) is 0 Å². The summed E-state index contributed by atoms with van der Waals surface area (Å²) in [5.41, 5.74) is 1.46. The monoisotopic (exact) mass is 297 g/mol. The highest BCUT2D eigenvalue weighted by Gasteiger charge is 2.39. The number of carbonyl (C=O) groups excluding carboxylic acids is 3. The van der Waals surface area contributed by atoms with Crippen LogP contribution in [0.5, 0.6) is 0 Å². The van der Waals surface area contributed by atoms with Crippen molar-refractivity contribution < 1.29 is 19.2 Å². The molecule has 0 N–H and O–H groups in total. The van der Waals surface area contributed by atoms with Gasteiger partial charge >= 0.3 is 5.97 Å². The van der Waals surface area contributed by atoms with Crippen LogP contribution in [0.2, 0.25) is 0 Å². The molecule has 0 saturated carbocycles. The number of rotatable bonds is 2. The van der Waals surface area contributed by atoms with Crippen LogP contribution in [0.25, 0.3) is 0 Å². The van der Waals surface area contributed by atoms with Crippen molar-refractivity contribution in [3.8, 4) is 0 Å². The van der Waals surface area contributed by atoms with E-state index in [9.17, 15) is 14.4 Å². The van der Waals surface area contributed by atoms with Crippen LogP contribution in [0.3, 0.4) is 0 Å². The molecule has 1 aromatic carbocycles. The van der Waals surface area contributed by atoms with Gasteiger partial charge in [0, 0.05) is 0 Å². The van der Waals surface area contributed by atoms with Gasteiger partial charge in [-0.2, -0.15) is 10.2 Å². The number of hydrogen-bond donors (Lipinski definition) is 0. The van der Waals surface area contributed by atoms with Gasteiger partial charge in [-0.15, -0.1) is 0 Å². The van der Waals surface area contributed by atoms with E-state index in [1.54, 1.807) is 26.0 Å². The fraction of sp³-hybridized carbons (Fsp3) is 0.133. The second kappa shape index (κ2) is 5.03. The minimum atomic E-state index is -0.829. The Balaban J connectivity index is 1.89. The average molecular weight is 297 g/mol. The first-order valence-electron chi connectivity index (χ1n) is 6.50. The molecule has 7 nitrogen and oxygen atoms in total. The van der Waals surface area contributed by atoms with Gasteiger partial charge in [-0.3, -0.25) is 9.59 Å². The van der Waals surface area contributed by atoms with Crippen LogP contribution in [-0.2, 0) is 4.84 Å². The van der Waals surface area contributed by atoms with Crippen molar-refractivity contribution in [3.63, 3.8) is 0 Å². The predicted octanol–water partition coefficient (Wildman–Crippen LogP) is 1.46. The van der Waals surface area contributed by atoms with E-state index in [0.717, 1.165) is 0 Å². The first kappa shape index (κ1) is 13.9. The Morgan fingerprint density at radius 3 is 2.23 bits per heavy atom. The highest BCUT2D eigenvalue weighted by molar-refractivity contribution is 6.21. The molecule has 7 heteroatoms. The van der Waals surface area contributed by atoms with E-state index < -0.39 is 17.8 Å². The largest absolute Gasteiger partial charge is 0.365 e. The molecule has 0 unspecified atom stereocenters. The SMILES string of the molecule is Cc1cc(C(=O)ON2C(=O)c3ccccc3C2=O)c(C)nn1. The summed E-state index contributed by atoms with van der Waals surface area (Å²) < 4.78 is 0. The first-order chi connectivity index (χ1) is 10.5. The molecule has 2 aromatic rings. The van der Waals surface area contributed by atoms with Crippen molar-refractivity contribution in [2.45, 2.75) is 13.8 Å². The van der Waals surface area contributed by atoms with E-state index in [1.165, 1.54) is 18.2 Å². The number of imide groups is 1. The minimum absolute atomic E-state index is 0.157. The standard InChI is InChI=1S/C15H11N3O4/c1-8-7-12(9(2)17-16-8)15(21)22-18-13(19)10-5-3-4-6-11(10)14(18)20/h3-7H,1-2H3. The second-order valence-corrected chi connectivity index (χ2v) is 4.81. The number of hydrogen-bond acceptors (Lipinski definition) is 6. The lowest BCUT2D eigenvalue weighted by molar-refractivity contribution is -0.0585. The van der Waals surface area contributed by atoms with Gasteiger partial charge in [0.05, 0.1) is 28.1 Å². The number of benzene rings is 1. The molecule has 0 spiro atoms. The quantitative estimate of drug-likeness (QED) is 0.780. The summed E-state index contributed by atoms with van der Waals surface area (Å²) in [4.78, 5) is 41.4. The number of aromatic nitrogens is 2. The van der Waals surface area contributed by atoms with Crippen LogP contribution in [0.4, 0.5) is 0 Å². The maximum Gasteiger partial charge on any atom is 0.365 e. The number of carbonyl (C=O) groups is 3. The van der Waals surface area contributed by atoms with Crippen molar-refractivity contribution in [3.05, 3.63) is 58.4 Å². The van der Waals surface area contributed by atoms with E-state index >= 15 is 0 Å². The third-order valence-electron chi connectivity index (χ3n) is 3.25. The molecule has 1 aromatic heterocycles. The molecule has 0 atom stereocenters. The van der Waals surface area contributed by atoms with Gasteiger partial charge in [0.2, 0.25) is 0 Å². The van der Waals surface area contributed by atoms with Crippen LogP contribution in [0, 0.1) is 13.8 Å². The van der Waals surface area contributed by atoms with Crippen molar-refractivity contribution in [1.29, 1.82) is 0 Å². The molecule has 110 valence electrons. The summed E-state index contributed by atoms with van der Waals surface area (Å²) in [6, 6.07) is 7.77. The van der Waals surface area contributed by atoms with Crippen molar-refractivity contribution in [1.82, 2.24) is 15.3 Å². The van der Waals surface area contributed by atoms with E-state index in [4.69, 9.17) is 4.84 Å². The van der Waals surface area contributed by atoms with Crippen LogP contribution in [-0.4, -0.2) is 33.0 Å². The highest BCUT2D eigenvalue weighted by atomic mass is 16.7. The van der Waals surface area contributed by atoms with E-state index in [1.807, 2.05) is 0 Å². The Labute approximate surface area is 125 Å². The fourth-order valence-electron chi connectivity index (χ4n) is 2.14. The van der Waals surface area contributed by atoms with E-state index in [2.05, 4.69) is 10.2 Å². The second-order valence-electron chi connectivity index (χ2n) is 4.81. The predicted molar refractivity (Wildman–Crippen MR) is 73.9 cm³/mol. The summed E-state index contributed by atoms with van der Waals surface area (Å²) >= 11 is 0. The number of nitrogens with zero attached hydrogens (tertiary/aromatic N) is 3. The summed E-state index contributed by atoms with van der Waals surface area (Å²) in [5.74, 6) is -2.15. The van der Waals surface area contributed by atoms with E-state index in [0.29, 0.717) is 16.5 Å². The van der Waals surface area contributed by atoms with Crippen LogP contribution in [0.15, 0.2) is 30.3 Å². The van der Waals surface area contributed by atoms with Gasteiger partial charge in [0.25, 0.3) is 11.8 Å². The van der Waals surface area contributed by atoms with Crippen LogP contribution >= 0.6 is 0 Å². The highest BCUT2D eigenvalue weighted by Crippen LogP contribution is 2.23. The average Bonchev–Trinajstić information content (AvgIpc) is 2.75. The Morgan fingerprint density at radius 2 is 1.64 bits per heavy atom. The molecule has 22 heavy (non-hydrogen) atoms. The first-order valence-corrected chi connectivity index (χ1v) is 6.50. The molecule has 3 rings (SSSR count). The number of aryl methyl sites for hydroxylation is 2. The Bertz CT molecular complexity index is 781. The molecular weight excluding hydrogens is 286 g/mol. The molecule has 2 amide bonds. The van der Waals surface area contributed by atoms with Crippen LogP contribution in [0.1, 0.15) is 42.5 Å². The zero-order valence-corrected chi connectivity index (χ0v) is 11.9. The Kier molecular flexibility index (Phi) is 3.17. The smallest absolute Gasteiger partial charge is 0.324 e. The van der Waals surface area contributed by atoms with Gasteiger partial charge < -0.3 is 4.84 Å². The lowest BCUT2D eigenvalue weighted by Crippen LogP contribution is -2.33. The molecule has 0 aliphatic carbocycles. The molecule has 1 aliphatic heterocycles. The van der Waals surface area contributed by atoms with Crippen LogP contribution < -0.4 is 0 Å². The molecule has 0 radical (unpaired) electrons. The lowest BCUT2D eigenvalue weighted by Gasteiger charge is -2.13. The molecule has 2 heterocycles. The normalized spacial score (nSPS) is 13.3. The summed E-state index contributed by atoms with van der Waals surface area (Å²) in [5, 5.41) is 8.10. The van der Waals surface area contributed by atoms with Gasteiger partial charge in [-0.25, -0.2) is 4.79 Å². The summed E-state index contributed by atoms with van der Waals surface area (Å²) in [6.45, 7) is 3.26. The topological polar surface area (TPSA) is 89.5 Å². The molecule has 0 saturated heterocycles. The molecule has 1 aliphatic rings. The number of fused-ring (bicyclic) bond motifs is 1. The number of amides is 2. The van der Waals surface area contributed by atoms with Gasteiger partial charge in [-0.1, -0.05) is 17.2 Å². The Morgan fingerprint density at radius 1 is 1.05 bits per heavy atom. The number of hydroxylamine groups is 2. The van der Waals surface area contributed by atoms with E-state index in [-0.39, 0.29) is 16.7 Å². The maximum atomic E-state index is 12.2. The third-order valence-corrected chi connectivity index (χ3v) is 3.25. The van der Waals surface area contributed by atoms with Gasteiger partial charge in [-0.05, 0) is 32.0 Å². The summed E-state index contributed by atoms with van der Waals surface area (Å²) in [7, 11) is 0. The molecule has 0 bridgehead atoms. The zero-order valence-electron chi connectivity index (χ0n) is 11.9. The third kappa shape index (κ3) is 2.12. The van der Waals surface area contributed by atoms with Gasteiger partial charge in [0.1, 0.15) is 0 Å². The molecule has 0 fully saturated rings. The Hall–Kier alpha value is -3.09. The van der Waals surface area contributed by atoms with Gasteiger partial charge in [0.15, 0.2) is 0 Å².